The molecule has 1 saturated heterocycles. The number of hydrogen-bond donors (Lipinski definition) is 1. The summed E-state index contributed by atoms with van der Waals surface area (Å²) in [7, 11) is 0. The molecular weight excluding hydrogens is 224 g/mol. The Labute approximate surface area is 110 Å². The zero-order chi connectivity index (χ0) is 12.8. The molecule has 1 aromatic carbocycles. The van der Waals surface area contributed by atoms with Gasteiger partial charge < -0.3 is 15.4 Å². The average molecular weight is 248 g/mol. The molecule has 1 fully saturated rings. The van der Waals surface area contributed by atoms with Gasteiger partial charge in [0.05, 0.1) is 12.3 Å². The van der Waals surface area contributed by atoms with Gasteiger partial charge in [0.1, 0.15) is 5.75 Å². The Kier molecular flexibility index (Phi) is 4.88. The topological polar surface area (TPSA) is 38.5 Å². The highest BCUT2D eigenvalue weighted by Gasteiger charge is 2.20. The molecule has 2 rings (SSSR count). The quantitative estimate of drug-likeness (QED) is 0.814. The lowest BCUT2D eigenvalue weighted by atomic mass is 10.00. The van der Waals surface area contributed by atoms with Gasteiger partial charge in [0, 0.05) is 6.04 Å². The number of benzene rings is 1. The lowest BCUT2D eigenvalue weighted by molar-refractivity contribution is 0.130. The molecule has 18 heavy (non-hydrogen) atoms. The first-order valence-electron chi connectivity index (χ1n) is 7.02. The van der Waals surface area contributed by atoms with E-state index in [-0.39, 0.29) is 0 Å². The second kappa shape index (κ2) is 6.64. The van der Waals surface area contributed by atoms with Gasteiger partial charge in [-0.2, -0.15) is 0 Å². The molecule has 100 valence electrons. The van der Waals surface area contributed by atoms with Gasteiger partial charge in [-0.05, 0) is 44.5 Å². The second-order valence-electron chi connectivity index (χ2n) is 4.95. The lowest BCUT2D eigenvalue weighted by Gasteiger charge is -2.34. The SMILES string of the molecule is CCN1CCCCC1CCOc1ccccc1N. The number of rotatable bonds is 5. The van der Waals surface area contributed by atoms with Crippen molar-refractivity contribution in [3.05, 3.63) is 24.3 Å². The molecule has 0 aliphatic carbocycles. The number of nitrogens with two attached hydrogens (primary N) is 1. The molecular formula is C15H24N2O. The van der Waals surface area contributed by atoms with Crippen LogP contribution in [0.2, 0.25) is 0 Å². The van der Waals surface area contributed by atoms with Crippen LogP contribution >= 0.6 is 0 Å². The van der Waals surface area contributed by atoms with Crippen LogP contribution in [-0.4, -0.2) is 30.6 Å². The summed E-state index contributed by atoms with van der Waals surface area (Å²) in [5.74, 6) is 0.816. The van der Waals surface area contributed by atoms with Crippen LogP contribution in [0.15, 0.2) is 24.3 Å². The number of anilines is 1. The molecule has 0 spiro atoms. The normalized spacial score (nSPS) is 20.8. The summed E-state index contributed by atoms with van der Waals surface area (Å²) in [5, 5.41) is 0. The van der Waals surface area contributed by atoms with Crippen LogP contribution in [0.3, 0.4) is 0 Å². The van der Waals surface area contributed by atoms with Crippen molar-refractivity contribution in [2.75, 3.05) is 25.4 Å². The minimum atomic E-state index is 0.689. The van der Waals surface area contributed by atoms with Gasteiger partial charge in [0.25, 0.3) is 0 Å². The van der Waals surface area contributed by atoms with Crippen molar-refractivity contribution in [3.63, 3.8) is 0 Å². The van der Waals surface area contributed by atoms with Gasteiger partial charge in [-0.25, -0.2) is 0 Å². The number of nitrogen functional groups attached to an aromatic ring is 1. The standard InChI is InChI=1S/C15H24N2O/c1-2-17-11-6-5-7-13(17)10-12-18-15-9-4-3-8-14(15)16/h3-4,8-9,13H,2,5-7,10-12,16H2,1H3. The van der Waals surface area contributed by atoms with Crippen LogP contribution in [-0.2, 0) is 0 Å². The van der Waals surface area contributed by atoms with Crippen LogP contribution in [0.1, 0.15) is 32.6 Å². The smallest absolute Gasteiger partial charge is 0.142 e. The van der Waals surface area contributed by atoms with Crippen molar-refractivity contribution >= 4 is 5.69 Å². The summed E-state index contributed by atoms with van der Waals surface area (Å²) < 4.78 is 5.78. The van der Waals surface area contributed by atoms with Gasteiger partial charge in [-0.3, -0.25) is 0 Å². The highest BCUT2D eigenvalue weighted by atomic mass is 16.5. The van der Waals surface area contributed by atoms with Crippen molar-refractivity contribution < 1.29 is 4.74 Å². The third-order valence-electron chi connectivity index (χ3n) is 3.78. The van der Waals surface area contributed by atoms with E-state index in [2.05, 4.69) is 11.8 Å². The molecule has 0 bridgehead atoms. The number of hydrogen-bond acceptors (Lipinski definition) is 3. The molecule has 1 aromatic rings. The van der Waals surface area contributed by atoms with Crippen LogP contribution in [0, 0.1) is 0 Å². The molecule has 0 saturated carbocycles. The first-order valence-corrected chi connectivity index (χ1v) is 7.02. The van der Waals surface area contributed by atoms with Crippen molar-refractivity contribution in [1.29, 1.82) is 0 Å². The summed E-state index contributed by atoms with van der Waals surface area (Å²) in [4.78, 5) is 2.57. The van der Waals surface area contributed by atoms with Gasteiger partial charge in [0.15, 0.2) is 0 Å². The van der Waals surface area contributed by atoms with E-state index in [1.165, 1.54) is 25.8 Å². The first kappa shape index (κ1) is 13.2. The van der Waals surface area contributed by atoms with E-state index in [0.717, 1.165) is 31.0 Å². The van der Waals surface area contributed by atoms with Gasteiger partial charge in [-0.1, -0.05) is 25.5 Å². The molecule has 1 atom stereocenters. The van der Waals surface area contributed by atoms with Crippen LogP contribution in [0.4, 0.5) is 5.69 Å². The van der Waals surface area contributed by atoms with Crippen molar-refractivity contribution in [2.45, 2.75) is 38.6 Å². The first-order chi connectivity index (χ1) is 8.81. The van der Waals surface area contributed by atoms with Crippen molar-refractivity contribution in [2.24, 2.45) is 0 Å². The number of piperidine rings is 1. The third-order valence-corrected chi connectivity index (χ3v) is 3.78. The van der Waals surface area contributed by atoms with E-state index in [9.17, 15) is 0 Å². The number of para-hydroxylation sites is 2. The average Bonchev–Trinajstić information content (AvgIpc) is 2.41. The highest BCUT2D eigenvalue weighted by Crippen LogP contribution is 2.22. The fraction of sp³-hybridized carbons (Fsp3) is 0.600. The Bertz CT molecular complexity index is 367. The molecule has 1 heterocycles. The maximum Gasteiger partial charge on any atom is 0.142 e. The van der Waals surface area contributed by atoms with Crippen LogP contribution in [0.5, 0.6) is 5.75 Å². The van der Waals surface area contributed by atoms with Gasteiger partial charge in [-0.15, -0.1) is 0 Å². The van der Waals surface area contributed by atoms with Crippen LogP contribution < -0.4 is 10.5 Å². The minimum absolute atomic E-state index is 0.689. The van der Waals surface area contributed by atoms with Crippen LogP contribution in [0.25, 0.3) is 0 Å². The Morgan fingerprint density at radius 1 is 1.33 bits per heavy atom. The molecule has 1 unspecified atom stereocenters. The Hall–Kier alpha value is -1.22. The fourth-order valence-electron chi connectivity index (χ4n) is 2.72. The number of ether oxygens (including phenoxy) is 1. The van der Waals surface area contributed by atoms with Gasteiger partial charge in [0.2, 0.25) is 0 Å². The summed E-state index contributed by atoms with van der Waals surface area (Å²) in [6.07, 6.45) is 5.11. The highest BCUT2D eigenvalue weighted by molar-refractivity contribution is 5.51. The monoisotopic (exact) mass is 248 g/mol. The van der Waals surface area contributed by atoms with Crippen molar-refractivity contribution in [1.82, 2.24) is 4.90 Å². The maximum atomic E-state index is 5.86. The van der Waals surface area contributed by atoms with Gasteiger partial charge >= 0.3 is 0 Å². The number of nitrogens with zero attached hydrogens (tertiary/aromatic N) is 1. The summed E-state index contributed by atoms with van der Waals surface area (Å²) in [6.45, 7) is 5.40. The molecule has 2 N–H and O–H groups in total. The molecule has 0 amide bonds. The zero-order valence-electron chi connectivity index (χ0n) is 11.3. The molecule has 3 nitrogen and oxygen atoms in total. The molecule has 3 heteroatoms. The molecule has 1 aliphatic rings. The van der Waals surface area contributed by atoms with E-state index in [0.29, 0.717) is 6.04 Å². The predicted molar refractivity (Wildman–Crippen MR) is 75.9 cm³/mol. The zero-order valence-corrected chi connectivity index (χ0v) is 11.3. The minimum Gasteiger partial charge on any atom is -0.491 e. The van der Waals surface area contributed by atoms with E-state index in [4.69, 9.17) is 10.5 Å². The largest absolute Gasteiger partial charge is 0.491 e. The summed E-state index contributed by atoms with van der Waals surface area (Å²) >= 11 is 0. The fourth-order valence-corrected chi connectivity index (χ4v) is 2.72. The van der Waals surface area contributed by atoms with E-state index in [1.807, 2.05) is 24.3 Å². The third kappa shape index (κ3) is 3.39. The number of likely N-dealkylation sites (tertiary alicyclic amines) is 1. The molecule has 1 aliphatic heterocycles. The lowest BCUT2D eigenvalue weighted by Crippen LogP contribution is -2.40. The Morgan fingerprint density at radius 3 is 2.94 bits per heavy atom. The summed E-state index contributed by atoms with van der Waals surface area (Å²) in [6, 6.07) is 8.41. The summed E-state index contributed by atoms with van der Waals surface area (Å²) in [5.41, 5.74) is 6.59. The maximum absolute atomic E-state index is 5.86. The van der Waals surface area contributed by atoms with E-state index >= 15 is 0 Å². The second-order valence-corrected chi connectivity index (χ2v) is 4.95. The Morgan fingerprint density at radius 2 is 2.17 bits per heavy atom. The van der Waals surface area contributed by atoms with E-state index < -0.39 is 0 Å². The molecule has 0 radical (unpaired) electrons. The van der Waals surface area contributed by atoms with Crippen molar-refractivity contribution in [3.8, 4) is 5.75 Å². The molecule has 0 aromatic heterocycles. The van der Waals surface area contributed by atoms with E-state index in [1.54, 1.807) is 0 Å². The predicted octanol–water partition coefficient (Wildman–Crippen LogP) is 2.91. The Balaban J connectivity index is 1.79.